The standard InChI is InChI=1S/C18H31N3O2/c1-6-8-9-14-10-21(11-16(23-14)12(3)4)18(22)17-13(5)15(7-2)19-20-17/h12,14,16H,6-11H2,1-5H3,(H,19,20)/t14-,16-/m1/s1. The normalized spacial score (nSPS) is 21.9. The Bertz CT molecular complexity index is 524. The first-order valence-electron chi connectivity index (χ1n) is 8.96. The topological polar surface area (TPSA) is 58.2 Å². The summed E-state index contributed by atoms with van der Waals surface area (Å²) >= 11 is 0. The number of rotatable bonds is 6. The number of unbranched alkanes of at least 4 members (excludes halogenated alkanes) is 1. The number of ether oxygens (including phenoxy) is 1. The van der Waals surface area contributed by atoms with E-state index in [1.54, 1.807) is 0 Å². The molecule has 1 aliphatic heterocycles. The Morgan fingerprint density at radius 3 is 2.70 bits per heavy atom. The van der Waals surface area contributed by atoms with E-state index >= 15 is 0 Å². The van der Waals surface area contributed by atoms with E-state index in [0.717, 1.165) is 36.9 Å². The molecule has 5 nitrogen and oxygen atoms in total. The van der Waals surface area contributed by atoms with Gasteiger partial charge in [-0.2, -0.15) is 5.10 Å². The number of carbonyl (C=O) groups excluding carboxylic acids is 1. The minimum atomic E-state index is 0.0360. The predicted molar refractivity (Wildman–Crippen MR) is 91.6 cm³/mol. The molecule has 1 fully saturated rings. The number of amides is 1. The van der Waals surface area contributed by atoms with Crippen LogP contribution >= 0.6 is 0 Å². The molecule has 5 heteroatoms. The third-order valence-corrected chi connectivity index (χ3v) is 4.77. The van der Waals surface area contributed by atoms with Crippen LogP contribution in [-0.4, -0.2) is 46.3 Å². The van der Waals surface area contributed by atoms with Crippen molar-refractivity contribution in [3.63, 3.8) is 0 Å². The first-order valence-corrected chi connectivity index (χ1v) is 8.96. The van der Waals surface area contributed by atoms with Crippen molar-refractivity contribution in [1.82, 2.24) is 15.1 Å². The largest absolute Gasteiger partial charge is 0.371 e. The summed E-state index contributed by atoms with van der Waals surface area (Å²) < 4.78 is 6.20. The number of aromatic nitrogens is 2. The molecule has 130 valence electrons. The van der Waals surface area contributed by atoms with Crippen LogP contribution in [0, 0.1) is 12.8 Å². The van der Waals surface area contributed by atoms with Crippen LogP contribution in [0.5, 0.6) is 0 Å². The van der Waals surface area contributed by atoms with E-state index in [9.17, 15) is 4.79 Å². The lowest BCUT2D eigenvalue weighted by molar-refractivity contribution is -0.0963. The van der Waals surface area contributed by atoms with Crippen LogP contribution in [0.3, 0.4) is 0 Å². The number of aryl methyl sites for hydroxylation is 1. The Kier molecular flexibility index (Phi) is 6.22. The number of nitrogens with zero attached hydrogens (tertiary/aromatic N) is 2. The highest BCUT2D eigenvalue weighted by molar-refractivity contribution is 5.94. The Balaban J connectivity index is 2.14. The summed E-state index contributed by atoms with van der Waals surface area (Å²) in [7, 11) is 0. The van der Waals surface area contributed by atoms with Crippen molar-refractivity contribution >= 4 is 5.91 Å². The molecule has 1 aromatic heterocycles. The summed E-state index contributed by atoms with van der Waals surface area (Å²) in [6.07, 6.45) is 4.42. The first kappa shape index (κ1) is 18.0. The SMILES string of the molecule is CCCC[C@@H]1CN(C(=O)c2n[nH]c(CC)c2C)C[C@H](C(C)C)O1. The molecule has 0 aliphatic carbocycles. The van der Waals surface area contributed by atoms with Gasteiger partial charge in [0, 0.05) is 24.3 Å². The van der Waals surface area contributed by atoms with Crippen molar-refractivity contribution in [3.05, 3.63) is 17.0 Å². The molecular formula is C18H31N3O2. The van der Waals surface area contributed by atoms with Gasteiger partial charge in [0.1, 0.15) is 0 Å². The molecule has 1 aliphatic rings. The number of nitrogens with one attached hydrogen (secondary N) is 1. The highest BCUT2D eigenvalue weighted by Gasteiger charge is 2.33. The molecule has 2 rings (SSSR count). The van der Waals surface area contributed by atoms with Gasteiger partial charge < -0.3 is 9.64 Å². The Hall–Kier alpha value is -1.36. The Morgan fingerprint density at radius 2 is 2.13 bits per heavy atom. The lowest BCUT2D eigenvalue weighted by Crippen LogP contribution is -2.51. The number of morpholine rings is 1. The second kappa shape index (κ2) is 7.95. The fourth-order valence-corrected chi connectivity index (χ4v) is 3.13. The molecule has 23 heavy (non-hydrogen) atoms. The van der Waals surface area contributed by atoms with Gasteiger partial charge in [-0.25, -0.2) is 0 Å². The van der Waals surface area contributed by atoms with Gasteiger partial charge in [-0.3, -0.25) is 9.89 Å². The number of aromatic amines is 1. The van der Waals surface area contributed by atoms with Crippen LogP contribution in [0.1, 0.15) is 68.7 Å². The highest BCUT2D eigenvalue weighted by Crippen LogP contribution is 2.23. The molecule has 1 amide bonds. The second-order valence-electron chi connectivity index (χ2n) is 6.92. The van der Waals surface area contributed by atoms with Crippen LogP contribution in [0.15, 0.2) is 0 Å². The molecule has 2 atom stereocenters. The zero-order valence-electron chi connectivity index (χ0n) is 15.2. The van der Waals surface area contributed by atoms with Crippen molar-refractivity contribution in [3.8, 4) is 0 Å². The van der Waals surface area contributed by atoms with Crippen molar-refractivity contribution in [2.24, 2.45) is 5.92 Å². The fraction of sp³-hybridized carbons (Fsp3) is 0.778. The van der Waals surface area contributed by atoms with Crippen molar-refractivity contribution in [2.45, 2.75) is 72.5 Å². The number of hydrogen-bond acceptors (Lipinski definition) is 3. The van der Waals surface area contributed by atoms with E-state index in [4.69, 9.17) is 4.74 Å². The molecule has 0 radical (unpaired) electrons. The lowest BCUT2D eigenvalue weighted by atomic mass is 10.0. The molecule has 0 spiro atoms. The second-order valence-corrected chi connectivity index (χ2v) is 6.92. The lowest BCUT2D eigenvalue weighted by Gasteiger charge is -2.39. The maximum Gasteiger partial charge on any atom is 0.274 e. The van der Waals surface area contributed by atoms with E-state index in [0.29, 0.717) is 24.7 Å². The number of hydrogen-bond donors (Lipinski definition) is 1. The van der Waals surface area contributed by atoms with E-state index in [-0.39, 0.29) is 18.1 Å². The smallest absolute Gasteiger partial charge is 0.274 e. The van der Waals surface area contributed by atoms with Crippen LogP contribution in [0.4, 0.5) is 0 Å². The molecule has 0 aromatic carbocycles. The van der Waals surface area contributed by atoms with Crippen molar-refractivity contribution in [1.29, 1.82) is 0 Å². The van der Waals surface area contributed by atoms with Crippen LogP contribution in [0.25, 0.3) is 0 Å². The van der Waals surface area contributed by atoms with Crippen LogP contribution < -0.4 is 0 Å². The third-order valence-electron chi connectivity index (χ3n) is 4.77. The Morgan fingerprint density at radius 1 is 1.39 bits per heavy atom. The quantitative estimate of drug-likeness (QED) is 0.874. The molecule has 1 aromatic rings. The summed E-state index contributed by atoms with van der Waals surface area (Å²) in [6.45, 7) is 11.9. The summed E-state index contributed by atoms with van der Waals surface area (Å²) in [5.74, 6) is 0.440. The van der Waals surface area contributed by atoms with Crippen LogP contribution in [-0.2, 0) is 11.2 Å². The van der Waals surface area contributed by atoms with Gasteiger partial charge in [0.05, 0.1) is 12.2 Å². The zero-order chi connectivity index (χ0) is 17.0. The third kappa shape index (κ3) is 4.14. The van der Waals surface area contributed by atoms with Crippen molar-refractivity contribution in [2.75, 3.05) is 13.1 Å². The molecule has 1 N–H and O–H groups in total. The monoisotopic (exact) mass is 321 g/mol. The van der Waals surface area contributed by atoms with Gasteiger partial charge in [-0.05, 0) is 25.7 Å². The Labute approximate surface area is 139 Å². The average molecular weight is 321 g/mol. The zero-order valence-corrected chi connectivity index (χ0v) is 15.2. The average Bonchev–Trinajstić information content (AvgIpc) is 2.92. The molecule has 0 bridgehead atoms. The first-order chi connectivity index (χ1) is 11.0. The minimum absolute atomic E-state index is 0.0360. The predicted octanol–water partition coefficient (Wildman–Crippen LogP) is 3.34. The maximum absolute atomic E-state index is 12.9. The highest BCUT2D eigenvalue weighted by atomic mass is 16.5. The van der Waals surface area contributed by atoms with Gasteiger partial charge in [0.15, 0.2) is 5.69 Å². The molecular weight excluding hydrogens is 290 g/mol. The molecule has 0 saturated carbocycles. The molecule has 0 unspecified atom stereocenters. The summed E-state index contributed by atoms with van der Waals surface area (Å²) in [5.41, 5.74) is 2.60. The van der Waals surface area contributed by atoms with Crippen molar-refractivity contribution < 1.29 is 9.53 Å². The van der Waals surface area contributed by atoms with E-state index in [1.165, 1.54) is 0 Å². The molecule has 2 heterocycles. The van der Waals surface area contributed by atoms with Crippen LogP contribution in [0.2, 0.25) is 0 Å². The number of carbonyl (C=O) groups is 1. The van der Waals surface area contributed by atoms with E-state index in [1.807, 2.05) is 11.8 Å². The maximum atomic E-state index is 12.9. The fourth-order valence-electron chi connectivity index (χ4n) is 3.13. The van der Waals surface area contributed by atoms with E-state index in [2.05, 4.69) is 37.9 Å². The van der Waals surface area contributed by atoms with E-state index < -0.39 is 0 Å². The van der Waals surface area contributed by atoms with Gasteiger partial charge in [0.25, 0.3) is 5.91 Å². The summed E-state index contributed by atoms with van der Waals surface area (Å²) in [4.78, 5) is 14.9. The number of H-pyrrole nitrogens is 1. The van der Waals surface area contributed by atoms with Gasteiger partial charge in [-0.15, -0.1) is 0 Å². The molecule has 1 saturated heterocycles. The minimum Gasteiger partial charge on any atom is -0.371 e. The van der Waals surface area contributed by atoms with Gasteiger partial charge in [0.2, 0.25) is 0 Å². The van der Waals surface area contributed by atoms with Gasteiger partial charge >= 0.3 is 0 Å². The van der Waals surface area contributed by atoms with Gasteiger partial charge in [-0.1, -0.05) is 40.5 Å². The summed E-state index contributed by atoms with van der Waals surface area (Å²) in [5, 5.41) is 7.26. The summed E-state index contributed by atoms with van der Waals surface area (Å²) in [6, 6.07) is 0.